The number of carbonyl (C=O) groups excluding carboxylic acids is 2. The Kier molecular flexibility index (Phi) is 9.96. The lowest BCUT2D eigenvalue weighted by atomic mass is 9.88. The van der Waals surface area contributed by atoms with Gasteiger partial charge in [0.25, 0.3) is 18.2 Å². The Hall–Kier alpha value is -3.62. The Labute approximate surface area is 262 Å². The third kappa shape index (κ3) is 8.10. The van der Waals surface area contributed by atoms with Gasteiger partial charge in [0, 0.05) is 32.2 Å². The molecule has 0 unspecified atom stereocenters. The first kappa shape index (κ1) is 33.3. The van der Waals surface area contributed by atoms with Crippen molar-refractivity contribution < 1.29 is 18.4 Å². The molecule has 11 heteroatoms. The molecule has 8 nitrogen and oxygen atoms in total. The third-order valence-electron chi connectivity index (χ3n) is 7.96. The summed E-state index contributed by atoms with van der Waals surface area (Å²) in [6, 6.07) is 11.0. The van der Waals surface area contributed by atoms with E-state index in [-0.39, 0.29) is 44.0 Å². The zero-order valence-corrected chi connectivity index (χ0v) is 27.3. The summed E-state index contributed by atoms with van der Waals surface area (Å²) >= 11 is 0.756. The molecule has 0 bridgehead atoms. The van der Waals surface area contributed by atoms with E-state index in [0.29, 0.717) is 37.6 Å². The van der Waals surface area contributed by atoms with Crippen molar-refractivity contribution in [2.75, 3.05) is 18.4 Å². The Balaban J connectivity index is 1.60. The van der Waals surface area contributed by atoms with Crippen molar-refractivity contribution in [1.29, 1.82) is 5.26 Å². The molecule has 1 aromatic carbocycles. The number of amides is 2. The van der Waals surface area contributed by atoms with Crippen LogP contribution in [0.25, 0.3) is 11.0 Å². The molecule has 1 saturated heterocycles. The van der Waals surface area contributed by atoms with E-state index in [0.717, 1.165) is 28.8 Å². The zero-order valence-electron chi connectivity index (χ0n) is 26.5. The molecule has 2 N–H and O–H groups in total. The van der Waals surface area contributed by atoms with Crippen LogP contribution in [0.4, 0.5) is 14.7 Å². The average molecular weight is 625 g/mol. The van der Waals surface area contributed by atoms with Crippen molar-refractivity contribution in [1.82, 2.24) is 19.8 Å². The summed E-state index contributed by atoms with van der Waals surface area (Å²) in [7, 11) is 0. The molecule has 1 aliphatic rings. The maximum Gasteiger partial charge on any atom is 0.272 e. The summed E-state index contributed by atoms with van der Waals surface area (Å²) in [6.07, 6.45) is -0.215. The molecule has 3 heterocycles. The van der Waals surface area contributed by atoms with Crippen LogP contribution in [0.3, 0.4) is 0 Å². The largest absolute Gasteiger partial charge is 0.338 e. The SMILES string of the molecule is C[C@H](NCc1ccc2c(c1)nc(NC(=O)c1ccc(C(F)F)s1)n2C[C@@H]1CCN(C(=O)/C(C#N)=C/C(C)(C)C)C1)C(C)(C)C. The van der Waals surface area contributed by atoms with Gasteiger partial charge in [-0.2, -0.15) is 5.26 Å². The van der Waals surface area contributed by atoms with Crippen LogP contribution in [-0.4, -0.2) is 45.4 Å². The van der Waals surface area contributed by atoms with Crippen LogP contribution < -0.4 is 10.6 Å². The van der Waals surface area contributed by atoms with E-state index in [1.165, 1.54) is 12.1 Å². The van der Waals surface area contributed by atoms with Gasteiger partial charge in [0.15, 0.2) is 0 Å². The number of likely N-dealkylation sites (tertiary alicyclic amines) is 1. The van der Waals surface area contributed by atoms with Crippen molar-refractivity contribution in [2.24, 2.45) is 16.7 Å². The van der Waals surface area contributed by atoms with Crippen LogP contribution in [0.2, 0.25) is 0 Å². The molecular formula is C33H42F2N6O2S. The van der Waals surface area contributed by atoms with Gasteiger partial charge < -0.3 is 14.8 Å². The highest BCUT2D eigenvalue weighted by Gasteiger charge is 2.30. The first-order valence-electron chi connectivity index (χ1n) is 14.9. The van der Waals surface area contributed by atoms with E-state index in [1.54, 1.807) is 11.0 Å². The summed E-state index contributed by atoms with van der Waals surface area (Å²) in [5, 5.41) is 16.0. The highest BCUT2D eigenvalue weighted by molar-refractivity contribution is 7.14. The van der Waals surface area contributed by atoms with Crippen LogP contribution in [0.15, 0.2) is 42.0 Å². The molecule has 44 heavy (non-hydrogen) atoms. The minimum absolute atomic E-state index is 0.0581. The fourth-order valence-electron chi connectivity index (χ4n) is 5.07. The summed E-state index contributed by atoms with van der Waals surface area (Å²) in [5.74, 6) is -0.403. The fraction of sp³-hybridized carbons (Fsp3) is 0.515. The second kappa shape index (κ2) is 13.2. The number of imidazole rings is 1. The van der Waals surface area contributed by atoms with E-state index in [4.69, 9.17) is 4.98 Å². The fourth-order valence-corrected chi connectivity index (χ4v) is 5.83. The number of hydrogen-bond acceptors (Lipinski definition) is 6. The van der Waals surface area contributed by atoms with Gasteiger partial charge in [-0.1, -0.05) is 53.7 Å². The molecule has 2 atom stereocenters. The molecular weight excluding hydrogens is 582 g/mol. The van der Waals surface area contributed by atoms with Gasteiger partial charge in [0.05, 0.1) is 20.8 Å². The number of nitriles is 1. The second-order valence-electron chi connectivity index (χ2n) is 13.7. The molecule has 0 saturated carbocycles. The number of anilines is 1. The maximum atomic E-state index is 13.2. The number of hydrogen-bond donors (Lipinski definition) is 2. The van der Waals surface area contributed by atoms with E-state index in [9.17, 15) is 23.6 Å². The van der Waals surface area contributed by atoms with Crippen LogP contribution in [0.5, 0.6) is 0 Å². The van der Waals surface area contributed by atoms with E-state index in [1.807, 2.05) is 43.5 Å². The Morgan fingerprint density at radius 3 is 2.52 bits per heavy atom. The topological polar surface area (TPSA) is 103 Å². The average Bonchev–Trinajstić information content (AvgIpc) is 3.68. The van der Waals surface area contributed by atoms with Gasteiger partial charge in [0.1, 0.15) is 11.6 Å². The molecule has 1 aliphatic heterocycles. The minimum atomic E-state index is -2.65. The molecule has 3 aromatic rings. The number of fused-ring (bicyclic) bond motifs is 1. The number of thiophene rings is 1. The quantitative estimate of drug-likeness (QED) is 0.194. The number of benzene rings is 1. The van der Waals surface area contributed by atoms with Gasteiger partial charge in [-0.3, -0.25) is 14.9 Å². The van der Waals surface area contributed by atoms with Crippen molar-refractivity contribution in [2.45, 2.75) is 80.4 Å². The highest BCUT2D eigenvalue weighted by atomic mass is 32.1. The van der Waals surface area contributed by atoms with Gasteiger partial charge in [-0.25, -0.2) is 13.8 Å². The molecule has 0 radical (unpaired) electrons. The molecule has 0 aliphatic carbocycles. The monoisotopic (exact) mass is 624 g/mol. The number of nitrogens with zero attached hydrogens (tertiary/aromatic N) is 4. The maximum absolute atomic E-state index is 13.2. The number of carbonyl (C=O) groups is 2. The normalized spacial score (nSPS) is 16.9. The molecule has 4 rings (SSSR count). The Morgan fingerprint density at radius 1 is 1.18 bits per heavy atom. The summed E-state index contributed by atoms with van der Waals surface area (Å²) in [5.41, 5.74) is 2.50. The first-order valence-corrected chi connectivity index (χ1v) is 15.7. The van der Waals surface area contributed by atoms with Gasteiger partial charge in [0.2, 0.25) is 5.95 Å². The molecule has 2 aromatic heterocycles. The second-order valence-corrected chi connectivity index (χ2v) is 14.9. The lowest BCUT2D eigenvalue weighted by Crippen LogP contribution is -2.37. The van der Waals surface area contributed by atoms with E-state index in [2.05, 4.69) is 44.4 Å². The van der Waals surface area contributed by atoms with Gasteiger partial charge in [-0.05, 0) is 59.9 Å². The minimum Gasteiger partial charge on any atom is -0.338 e. The van der Waals surface area contributed by atoms with E-state index < -0.39 is 12.3 Å². The molecule has 236 valence electrons. The van der Waals surface area contributed by atoms with E-state index >= 15 is 0 Å². The van der Waals surface area contributed by atoms with Crippen LogP contribution in [0.1, 0.15) is 81.4 Å². The molecule has 0 spiro atoms. The summed E-state index contributed by atoms with van der Waals surface area (Å²) < 4.78 is 28.3. The Bertz CT molecular complexity index is 1590. The Morgan fingerprint density at radius 2 is 1.91 bits per heavy atom. The predicted molar refractivity (Wildman–Crippen MR) is 171 cm³/mol. The first-order chi connectivity index (χ1) is 20.6. The summed E-state index contributed by atoms with van der Waals surface area (Å²) in [6.45, 7) is 16.7. The van der Waals surface area contributed by atoms with Crippen molar-refractivity contribution >= 4 is 40.1 Å². The van der Waals surface area contributed by atoms with Crippen LogP contribution in [0, 0.1) is 28.1 Å². The number of nitrogens with one attached hydrogen (secondary N) is 2. The molecule has 2 amide bonds. The summed E-state index contributed by atoms with van der Waals surface area (Å²) in [4.78, 5) is 32.7. The standard InChI is InChI=1S/C33H42F2N6O2S/c1-20(33(5,6)7)37-17-21-8-9-25-24(14-21)38-31(39-29(42)27-11-10-26(44-27)28(34)35)41(25)19-22-12-13-40(18-22)30(43)23(16-36)15-32(2,3)4/h8-11,14-15,20,22,28,37H,12-13,17-19H2,1-7H3,(H,38,39,42)/b23-15+/t20-,22+/m0/s1. The van der Waals surface area contributed by atoms with Crippen molar-refractivity contribution in [3.05, 3.63) is 57.3 Å². The highest BCUT2D eigenvalue weighted by Crippen LogP contribution is 2.30. The number of allylic oxidation sites excluding steroid dienone is 1. The number of alkyl halides is 2. The van der Waals surface area contributed by atoms with Crippen molar-refractivity contribution in [3.8, 4) is 6.07 Å². The van der Waals surface area contributed by atoms with Crippen LogP contribution >= 0.6 is 11.3 Å². The van der Waals surface area contributed by atoms with Crippen molar-refractivity contribution in [3.63, 3.8) is 0 Å². The lowest BCUT2D eigenvalue weighted by molar-refractivity contribution is -0.125. The number of halogens is 2. The lowest BCUT2D eigenvalue weighted by Gasteiger charge is -2.28. The number of rotatable bonds is 9. The van der Waals surface area contributed by atoms with Gasteiger partial charge >= 0.3 is 0 Å². The van der Waals surface area contributed by atoms with Gasteiger partial charge in [-0.15, -0.1) is 11.3 Å². The van der Waals surface area contributed by atoms with Crippen LogP contribution in [-0.2, 0) is 17.9 Å². The molecule has 1 fully saturated rings. The predicted octanol–water partition coefficient (Wildman–Crippen LogP) is 7.16. The smallest absolute Gasteiger partial charge is 0.272 e. The zero-order chi connectivity index (χ0) is 32.4. The number of aromatic nitrogens is 2. The third-order valence-corrected chi connectivity index (χ3v) is 9.05.